The van der Waals surface area contributed by atoms with Crippen LogP contribution in [-0.2, 0) is 9.47 Å². The van der Waals surface area contributed by atoms with Gasteiger partial charge in [-0.3, -0.25) is 0 Å². The standard InChI is InChI=1S/C10H18O3/c1-8-6-10(12-4-5-13-10)3-2-9(8)7-11/h8-9,11H,2-7H2,1H3/t8-,9-/m0/s1. The molecule has 1 saturated carbocycles. The molecule has 0 radical (unpaired) electrons. The van der Waals surface area contributed by atoms with E-state index in [9.17, 15) is 0 Å². The summed E-state index contributed by atoms with van der Waals surface area (Å²) < 4.78 is 11.3. The minimum absolute atomic E-state index is 0.287. The highest BCUT2D eigenvalue weighted by Gasteiger charge is 2.43. The lowest BCUT2D eigenvalue weighted by Crippen LogP contribution is -2.40. The van der Waals surface area contributed by atoms with Crippen LogP contribution >= 0.6 is 0 Å². The van der Waals surface area contributed by atoms with E-state index < -0.39 is 0 Å². The van der Waals surface area contributed by atoms with Crippen LogP contribution in [0.25, 0.3) is 0 Å². The van der Waals surface area contributed by atoms with Crippen LogP contribution in [-0.4, -0.2) is 30.7 Å². The summed E-state index contributed by atoms with van der Waals surface area (Å²) in [7, 11) is 0. The van der Waals surface area contributed by atoms with Gasteiger partial charge in [0, 0.05) is 19.4 Å². The minimum Gasteiger partial charge on any atom is -0.396 e. The number of hydrogen-bond acceptors (Lipinski definition) is 3. The molecular weight excluding hydrogens is 168 g/mol. The fraction of sp³-hybridized carbons (Fsp3) is 1.00. The molecule has 1 aliphatic carbocycles. The van der Waals surface area contributed by atoms with Gasteiger partial charge >= 0.3 is 0 Å². The molecule has 2 rings (SSSR count). The molecule has 1 saturated heterocycles. The van der Waals surface area contributed by atoms with Crippen LogP contribution in [0.2, 0.25) is 0 Å². The molecule has 1 heterocycles. The Bertz CT molecular complexity index is 175. The van der Waals surface area contributed by atoms with Crippen molar-refractivity contribution in [2.24, 2.45) is 11.8 Å². The average molecular weight is 186 g/mol. The van der Waals surface area contributed by atoms with Crippen LogP contribution in [0, 0.1) is 11.8 Å². The third-order valence-electron chi connectivity index (χ3n) is 3.38. The molecule has 0 aromatic rings. The third kappa shape index (κ3) is 1.73. The van der Waals surface area contributed by atoms with Crippen LogP contribution in [0.3, 0.4) is 0 Å². The minimum atomic E-state index is -0.287. The van der Waals surface area contributed by atoms with E-state index in [4.69, 9.17) is 14.6 Å². The van der Waals surface area contributed by atoms with Crippen LogP contribution in [0.1, 0.15) is 26.2 Å². The van der Waals surface area contributed by atoms with Crippen molar-refractivity contribution in [1.82, 2.24) is 0 Å². The van der Waals surface area contributed by atoms with Gasteiger partial charge in [0.1, 0.15) is 0 Å². The second-order valence-corrected chi connectivity index (χ2v) is 4.27. The van der Waals surface area contributed by atoms with Crippen molar-refractivity contribution in [3.63, 3.8) is 0 Å². The summed E-state index contributed by atoms with van der Waals surface area (Å²) in [6.45, 7) is 3.94. The third-order valence-corrected chi connectivity index (χ3v) is 3.38. The molecule has 0 aromatic carbocycles. The van der Waals surface area contributed by atoms with Gasteiger partial charge in [-0.25, -0.2) is 0 Å². The van der Waals surface area contributed by atoms with E-state index in [2.05, 4.69) is 6.92 Å². The summed E-state index contributed by atoms with van der Waals surface area (Å²) in [6.07, 6.45) is 2.92. The summed E-state index contributed by atoms with van der Waals surface area (Å²) in [5.74, 6) is 0.667. The predicted molar refractivity (Wildman–Crippen MR) is 48.2 cm³/mol. The summed E-state index contributed by atoms with van der Waals surface area (Å²) in [4.78, 5) is 0. The SMILES string of the molecule is C[C@H]1CC2(CC[C@H]1CO)OCCO2. The molecule has 3 nitrogen and oxygen atoms in total. The second kappa shape index (κ2) is 3.56. The fourth-order valence-corrected chi connectivity index (χ4v) is 2.48. The zero-order valence-corrected chi connectivity index (χ0v) is 8.16. The van der Waals surface area contributed by atoms with Crippen LogP contribution in [0.5, 0.6) is 0 Å². The molecule has 0 aromatic heterocycles. The van der Waals surface area contributed by atoms with Gasteiger partial charge in [-0.05, 0) is 18.3 Å². The van der Waals surface area contributed by atoms with E-state index in [1.807, 2.05) is 0 Å². The fourth-order valence-electron chi connectivity index (χ4n) is 2.48. The van der Waals surface area contributed by atoms with Gasteiger partial charge < -0.3 is 14.6 Å². The largest absolute Gasteiger partial charge is 0.396 e. The van der Waals surface area contributed by atoms with E-state index in [1.165, 1.54) is 0 Å². The maximum Gasteiger partial charge on any atom is 0.168 e. The molecule has 0 unspecified atom stereocenters. The number of rotatable bonds is 1. The Labute approximate surface area is 79.0 Å². The quantitative estimate of drug-likeness (QED) is 0.668. The Morgan fingerprint density at radius 3 is 2.62 bits per heavy atom. The van der Waals surface area contributed by atoms with Gasteiger partial charge in [0.2, 0.25) is 0 Å². The van der Waals surface area contributed by atoms with E-state index >= 15 is 0 Å². The molecular formula is C10H18O3. The smallest absolute Gasteiger partial charge is 0.168 e. The summed E-state index contributed by atoms with van der Waals surface area (Å²) >= 11 is 0. The van der Waals surface area contributed by atoms with Crippen molar-refractivity contribution in [2.45, 2.75) is 32.0 Å². The monoisotopic (exact) mass is 186 g/mol. The first-order chi connectivity index (χ1) is 6.26. The highest BCUT2D eigenvalue weighted by atomic mass is 16.7. The molecule has 3 heteroatoms. The Hall–Kier alpha value is -0.120. The van der Waals surface area contributed by atoms with E-state index in [-0.39, 0.29) is 5.79 Å². The van der Waals surface area contributed by atoms with Gasteiger partial charge in [0.15, 0.2) is 5.79 Å². The number of hydrogen-bond donors (Lipinski definition) is 1. The van der Waals surface area contributed by atoms with Crippen molar-refractivity contribution in [3.8, 4) is 0 Å². The first-order valence-electron chi connectivity index (χ1n) is 5.14. The summed E-state index contributed by atoms with van der Waals surface area (Å²) in [5.41, 5.74) is 0. The summed E-state index contributed by atoms with van der Waals surface area (Å²) in [5, 5.41) is 9.11. The molecule has 1 N–H and O–H groups in total. The van der Waals surface area contributed by atoms with Crippen molar-refractivity contribution < 1.29 is 14.6 Å². The maximum absolute atomic E-state index is 9.11. The number of ether oxygens (including phenoxy) is 2. The lowest BCUT2D eigenvalue weighted by atomic mass is 9.77. The molecule has 1 spiro atoms. The van der Waals surface area contributed by atoms with Gasteiger partial charge in [0.25, 0.3) is 0 Å². The normalized spacial score (nSPS) is 38.3. The van der Waals surface area contributed by atoms with Gasteiger partial charge in [0.05, 0.1) is 13.2 Å². The number of aliphatic hydroxyl groups is 1. The Kier molecular flexibility index (Phi) is 2.58. The Morgan fingerprint density at radius 1 is 1.38 bits per heavy atom. The van der Waals surface area contributed by atoms with E-state index in [1.54, 1.807) is 0 Å². The Morgan fingerprint density at radius 2 is 2.08 bits per heavy atom. The van der Waals surface area contributed by atoms with Crippen LogP contribution < -0.4 is 0 Å². The predicted octanol–water partition coefficient (Wildman–Crippen LogP) is 1.16. The van der Waals surface area contributed by atoms with E-state index in [0.29, 0.717) is 18.4 Å². The van der Waals surface area contributed by atoms with Gasteiger partial charge in [-0.1, -0.05) is 6.92 Å². The van der Waals surface area contributed by atoms with Crippen molar-refractivity contribution >= 4 is 0 Å². The lowest BCUT2D eigenvalue weighted by Gasteiger charge is -2.38. The molecule has 76 valence electrons. The zero-order valence-electron chi connectivity index (χ0n) is 8.16. The van der Waals surface area contributed by atoms with Crippen molar-refractivity contribution in [1.29, 1.82) is 0 Å². The highest BCUT2D eigenvalue weighted by Crippen LogP contribution is 2.41. The summed E-state index contributed by atoms with van der Waals surface area (Å²) in [6, 6.07) is 0. The molecule has 1 aliphatic heterocycles. The molecule has 0 amide bonds. The van der Waals surface area contributed by atoms with Crippen molar-refractivity contribution in [3.05, 3.63) is 0 Å². The zero-order chi connectivity index (χ0) is 9.31. The molecule has 2 fully saturated rings. The molecule has 2 atom stereocenters. The van der Waals surface area contributed by atoms with Crippen LogP contribution in [0.4, 0.5) is 0 Å². The average Bonchev–Trinajstić information content (AvgIpc) is 2.54. The molecule has 13 heavy (non-hydrogen) atoms. The lowest BCUT2D eigenvalue weighted by molar-refractivity contribution is -0.195. The first kappa shape index (κ1) is 9.44. The van der Waals surface area contributed by atoms with Crippen molar-refractivity contribution in [2.75, 3.05) is 19.8 Å². The van der Waals surface area contributed by atoms with E-state index in [0.717, 1.165) is 32.5 Å². The van der Waals surface area contributed by atoms with Gasteiger partial charge in [-0.2, -0.15) is 0 Å². The number of aliphatic hydroxyl groups excluding tert-OH is 1. The Balaban J connectivity index is 1.97. The molecule has 2 aliphatic rings. The maximum atomic E-state index is 9.11. The second-order valence-electron chi connectivity index (χ2n) is 4.27. The molecule has 0 bridgehead atoms. The first-order valence-corrected chi connectivity index (χ1v) is 5.14. The topological polar surface area (TPSA) is 38.7 Å². The van der Waals surface area contributed by atoms with Gasteiger partial charge in [-0.15, -0.1) is 0 Å². The highest BCUT2D eigenvalue weighted by molar-refractivity contribution is 4.85. The van der Waals surface area contributed by atoms with Crippen LogP contribution in [0.15, 0.2) is 0 Å².